The van der Waals surface area contributed by atoms with Gasteiger partial charge >= 0.3 is 0 Å². The highest BCUT2D eigenvalue weighted by Gasteiger charge is 2.26. The van der Waals surface area contributed by atoms with Crippen LogP contribution in [0.5, 0.6) is 0 Å². The Balaban J connectivity index is 2.34. The zero-order chi connectivity index (χ0) is 11.3. The Kier molecular flexibility index (Phi) is 1.80. The van der Waals surface area contributed by atoms with Gasteiger partial charge in [-0.25, -0.2) is 4.39 Å². The average Bonchev–Trinajstić information content (AvgIpc) is 2.65. The maximum atomic E-state index is 13.5. The summed E-state index contributed by atoms with van der Waals surface area (Å²) in [5, 5.41) is 0.830. The van der Waals surface area contributed by atoms with Crippen molar-refractivity contribution in [3.05, 3.63) is 35.3 Å². The fraction of sp³-hybridized carbons (Fsp3) is 0.250. The number of amides is 1. The Morgan fingerprint density at radius 1 is 1.44 bits per heavy atom. The second kappa shape index (κ2) is 3.07. The van der Waals surface area contributed by atoms with Crippen molar-refractivity contribution < 1.29 is 9.18 Å². The number of para-hydroxylation sites is 1. The van der Waals surface area contributed by atoms with Crippen LogP contribution in [0.4, 0.5) is 4.39 Å². The normalized spacial score (nSPS) is 15.6. The van der Waals surface area contributed by atoms with Crippen LogP contribution in [-0.4, -0.2) is 29.4 Å². The van der Waals surface area contributed by atoms with Crippen molar-refractivity contribution in [2.45, 2.75) is 6.42 Å². The lowest BCUT2D eigenvalue weighted by Gasteiger charge is -2.22. The molecule has 0 fully saturated rings. The molecule has 0 atom stereocenters. The van der Waals surface area contributed by atoms with Gasteiger partial charge in [0, 0.05) is 19.0 Å². The lowest BCUT2D eigenvalue weighted by Crippen LogP contribution is -2.33. The first-order valence-corrected chi connectivity index (χ1v) is 5.23. The fourth-order valence-corrected chi connectivity index (χ4v) is 2.25. The van der Waals surface area contributed by atoms with E-state index in [9.17, 15) is 9.18 Å². The van der Waals surface area contributed by atoms with E-state index < -0.39 is 0 Å². The smallest absolute Gasteiger partial charge is 0.270 e. The van der Waals surface area contributed by atoms with E-state index in [-0.39, 0.29) is 11.7 Å². The number of likely N-dealkylation sites (N-methyl/N-ethyl adjacent to an activating group) is 1. The molecule has 1 amide bonds. The summed E-state index contributed by atoms with van der Waals surface area (Å²) in [6.07, 6.45) is 0.779. The summed E-state index contributed by atoms with van der Waals surface area (Å²) in [5.74, 6) is -0.362. The summed E-state index contributed by atoms with van der Waals surface area (Å²) >= 11 is 0. The molecule has 0 spiro atoms. The summed E-state index contributed by atoms with van der Waals surface area (Å²) in [7, 11) is 1.76. The predicted octanol–water partition coefficient (Wildman–Crippen LogP) is 1.94. The minimum atomic E-state index is -0.303. The highest BCUT2D eigenvalue weighted by atomic mass is 19.1. The third kappa shape index (κ3) is 1.10. The molecule has 1 aromatic heterocycles. The molecule has 0 bridgehead atoms. The number of hydrogen-bond acceptors (Lipinski definition) is 1. The van der Waals surface area contributed by atoms with Gasteiger partial charge in [-0.3, -0.25) is 4.79 Å². The van der Waals surface area contributed by atoms with Crippen molar-refractivity contribution in [3.63, 3.8) is 0 Å². The first-order valence-electron chi connectivity index (χ1n) is 5.23. The summed E-state index contributed by atoms with van der Waals surface area (Å²) in [4.78, 5) is 16.4. The van der Waals surface area contributed by atoms with Gasteiger partial charge in [0.25, 0.3) is 5.91 Å². The molecular formula is C12H11FN2O. The van der Waals surface area contributed by atoms with Crippen LogP contribution < -0.4 is 0 Å². The van der Waals surface area contributed by atoms with Gasteiger partial charge in [0.15, 0.2) is 0 Å². The third-order valence-corrected chi connectivity index (χ3v) is 3.15. The number of aromatic amines is 1. The topological polar surface area (TPSA) is 36.1 Å². The van der Waals surface area contributed by atoms with Crippen molar-refractivity contribution in [3.8, 4) is 0 Å². The van der Waals surface area contributed by atoms with Crippen LogP contribution in [0.2, 0.25) is 0 Å². The predicted molar refractivity (Wildman–Crippen MR) is 58.9 cm³/mol. The summed E-state index contributed by atoms with van der Waals surface area (Å²) < 4.78 is 13.5. The highest BCUT2D eigenvalue weighted by Crippen LogP contribution is 2.28. The van der Waals surface area contributed by atoms with Crippen LogP contribution in [0.1, 0.15) is 16.1 Å². The SMILES string of the molecule is CN1CCc2c([nH]c3c(F)cccc23)C1=O. The number of rotatable bonds is 0. The molecule has 2 aromatic rings. The van der Waals surface area contributed by atoms with Crippen LogP contribution in [0.15, 0.2) is 18.2 Å². The van der Waals surface area contributed by atoms with Crippen LogP contribution in [0, 0.1) is 5.82 Å². The Labute approximate surface area is 91.9 Å². The Bertz CT molecular complexity index is 588. The van der Waals surface area contributed by atoms with Gasteiger partial charge < -0.3 is 9.88 Å². The number of aromatic nitrogens is 1. The number of nitrogens with zero attached hydrogens (tertiary/aromatic N) is 1. The maximum absolute atomic E-state index is 13.5. The fourth-order valence-electron chi connectivity index (χ4n) is 2.25. The van der Waals surface area contributed by atoms with Crippen molar-refractivity contribution >= 4 is 16.8 Å². The number of H-pyrrole nitrogens is 1. The second-order valence-electron chi connectivity index (χ2n) is 4.12. The van der Waals surface area contributed by atoms with Crippen molar-refractivity contribution in [1.29, 1.82) is 0 Å². The summed E-state index contributed by atoms with van der Waals surface area (Å²) in [6.45, 7) is 0.690. The number of carbonyl (C=O) groups excluding carboxylic acids is 1. The molecule has 16 heavy (non-hydrogen) atoms. The molecule has 1 N–H and O–H groups in total. The van der Waals surface area contributed by atoms with E-state index in [1.54, 1.807) is 18.0 Å². The lowest BCUT2D eigenvalue weighted by atomic mass is 10.0. The quantitative estimate of drug-likeness (QED) is 0.720. The van der Waals surface area contributed by atoms with Crippen LogP contribution >= 0.6 is 0 Å². The van der Waals surface area contributed by atoms with Crippen LogP contribution in [0.25, 0.3) is 10.9 Å². The number of nitrogens with one attached hydrogen (secondary N) is 1. The Hall–Kier alpha value is -1.84. The molecule has 0 radical (unpaired) electrons. The molecule has 0 saturated heterocycles. The van der Waals surface area contributed by atoms with E-state index in [0.717, 1.165) is 17.4 Å². The molecule has 4 heteroatoms. The zero-order valence-corrected chi connectivity index (χ0v) is 8.88. The number of carbonyl (C=O) groups is 1. The van der Waals surface area contributed by atoms with Gasteiger partial charge in [-0.2, -0.15) is 0 Å². The second-order valence-corrected chi connectivity index (χ2v) is 4.12. The van der Waals surface area contributed by atoms with E-state index in [2.05, 4.69) is 4.98 Å². The van der Waals surface area contributed by atoms with Crippen LogP contribution in [-0.2, 0) is 6.42 Å². The maximum Gasteiger partial charge on any atom is 0.270 e. The summed E-state index contributed by atoms with van der Waals surface area (Å²) in [6, 6.07) is 4.93. The van der Waals surface area contributed by atoms with Crippen molar-refractivity contribution in [1.82, 2.24) is 9.88 Å². The molecule has 2 heterocycles. The monoisotopic (exact) mass is 218 g/mol. The molecule has 3 rings (SSSR count). The number of benzene rings is 1. The zero-order valence-electron chi connectivity index (χ0n) is 8.88. The number of fused-ring (bicyclic) bond motifs is 3. The molecule has 0 saturated carbocycles. The molecular weight excluding hydrogens is 207 g/mol. The van der Waals surface area contributed by atoms with Crippen molar-refractivity contribution in [2.24, 2.45) is 0 Å². The summed E-state index contributed by atoms with van der Waals surface area (Å²) in [5.41, 5.74) is 1.92. The number of hydrogen-bond donors (Lipinski definition) is 1. The third-order valence-electron chi connectivity index (χ3n) is 3.15. The van der Waals surface area contributed by atoms with Gasteiger partial charge in [0.05, 0.1) is 5.52 Å². The van der Waals surface area contributed by atoms with Gasteiger partial charge in [-0.15, -0.1) is 0 Å². The largest absolute Gasteiger partial charge is 0.348 e. The van der Waals surface area contributed by atoms with E-state index in [4.69, 9.17) is 0 Å². The van der Waals surface area contributed by atoms with Gasteiger partial charge in [-0.05, 0) is 18.1 Å². The minimum absolute atomic E-state index is 0.0585. The Morgan fingerprint density at radius 2 is 2.25 bits per heavy atom. The Morgan fingerprint density at radius 3 is 3.06 bits per heavy atom. The minimum Gasteiger partial charge on any atom is -0.348 e. The molecule has 0 unspecified atom stereocenters. The van der Waals surface area contributed by atoms with E-state index in [0.29, 0.717) is 17.8 Å². The van der Waals surface area contributed by atoms with Gasteiger partial charge in [0.2, 0.25) is 0 Å². The lowest BCUT2D eigenvalue weighted by molar-refractivity contribution is 0.0776. The standard InChI is InChI=1S/C12H11FN2O/c1-15-6-5-8-7-3-2-4-9(13)10(7)14-11(8)12(15)16/h2-4,14H,5-6H2,1H3. The molecule has 1 aliphatic heterocycles. The van der Waals surface area contributed by atoms with Crippen LogP contribution in [0.3, 0.4) is 0 Å². The average molecular weight is 218 g/mol. The van der Waals surface area contributed by atoms with E-state index in [1.165, 1.54) is 6.07 Å². The molecule has 1 aliphatic rings. The van der Waals surface area contributed by atoms with E-state index in [1.807, 2.05) is 6.07 Å². The first-order chi connectivity index (χ1) is 7.68. The molecule has 0 aliphatic carbocycles. The first kappa shape index (κ1) is 9.39. The molecule has 82 valence electrons. The van der Waals surface area contributed by atoms with Gasteiger partial charge in [-0.1, -0.05) is 12.1 Å². The van der Waals surface area contributed by atoms with Gasteiger partial charge in [0.1, 0.15) is 11.5 Å². The van der Waals surface area contributed by atoms with E-state index >= 15 is 0 Å². The molecule has 1 aromatic carbocycles. The number of halogens is 1. The highest BCUT2D eigenvalue weighted by molar-refractivity contribution is 6.02. The van der Waals surface area contributed by atoms with Crippen molar-refractivity contribution in [2.75, 3.05) is 13.6 Å². The molecule has 3 nitrogen and oxygen atoms in total.